The second-order valence-corrected chi connectivity index (χ2v) is 9.43. The predicted octanol–water partition coefficient (Wildman–Crippen LogP) is 2.35. The molecule has 8 nitrogen and oxygen atoms in total. The molecule has 1 aliphatic rings. The van der Waals surface area contributed by atoms with E-state index in [0.29, 0.717) is 37.7 Å². The van der Waals surface area contributed by atoms with Crippen molar-refractivity contribution in [2.45, 2.75) is 24.8 Å². The molecule has 0 radical (unpaired) electrons. The third-order valence-corrected chi connectivity index (χ3v) is 7.41. The van der Waals surface area contributed by atoms with Gasteiger partial charge >= 0.3 is 0 Å². The summed E-state index contributed by atoms with van der Waals surface area (Å²) < 4.78 is 38.0. The number of aryl methyl sites for hydroxylation is 1. The first-order chi connectivity index (χ1) is 14.8. The first-order valence-corrected chi connectivity index (χ1v) is 11.5. The molecule has 0 aromatic heterocycles. The van der Waals surface area contributed by atoms with Gasteiger partial charge in [-0.3, -0.25) is 9.69 Å². The molecule has 31 heavy (non-hydrogen) atoms. The summed E-state index contributed by atoms with van der Waals surface area (Å²) in [4.78, 5) is 14.8. The zero-order valence-corrected chi connectivity index (χ0v) is 19.1. The Balaban J connectivity index is 1.62. The van der Waals surface area contributed by atoms with Crippen molar-refractivity contribution in [3.8, 4) is 11.5 Å². The van der Waals surface area contributed by atoms with Crippen molar-refractivity contribution in [3.05, 3.63) is 48.0 Å². The number of ether oxygens (including phenoxy) is 2. The molecule has 0 bridgehead atoms. The van der Waals surface area contributed by atoms with Crippen LogP contribution in [0.2, 0.25) is 0 Å². The molecule has 1 saturated heterocycles. The fourth-order valence-corrected chi connectivity index (χ4v) is 4.94. The minimum Gasteiger partial charge on any atom is -0.493 e. The van der Waals surface area contributed by atoms with Crippen molar-refractivity contribution in [1.29, 1.82) is 0 Å². The van der Waals surface area contributed by atoms with E-state index in [2.05, 4.69) is 5.32 Å². The number of sulfonamides is 1. The molecule has 9 heteroatoms. The largest absolute Gasteiger partial charge is 0.493 e. The molecule has 0 spiro atoms. The molecular formula is C22H29N3O5S. The van der Waals surface area contributed by atoms with Gasteiger partial charge in [0.25, 0.3) is 0 Å². The number of nitrogens with one attached hydrogen (secondary N) is 1. The number of anilines is 1. The minimum atomic E-state index is -3.67. The van der Waals surface area contributed by atoms with Crippen molar-refractivity contribution < 1.29 is 22.7 Å². The molecule has 1 aliphatic heterocycles. The molecule has 0 saturated carbocycles. The number of rotatable bonds is 7. The smallest absolute Gasteiger partial charge is 0.243 e. The van der Waals surface area contributed by atoms with Gasteiger partial charge in [-0.15, -0.1) is 0 Å². The lowest BCUT2D eigenvalue weighted by molar-refractivity contribution is -0.121. The molecule has 168 valence electrons. The number of amides is 1. The van der Waals surface area contributed by atoms with Crippen LogP contribution in [-0.4, -0.2) is 70.0 Å². The monoisotopic (exact) mass is 447 g/mol. The summed E-state index contributed by atoms with van der Waals surface area (Å²) in [6.45, 7) is 5.37. The molecule has 2 aromatic carbocycles. The summed E-state index contributed by atoms with van der Waals surface area (Å²) in [6.07, 6.45) is 0. The van der Waals surface area contributed by atoms with E-state index in [1.54, 1.807) is 6.07 Å². The highest BCUT2D eigenvalue weighted by atomic mass is 32.2. The van der Waals surface area contributed by atoms with Crippen LogP contribution in [-0.2, 0) is 14.8 Å². The molecule has 1 amide bonds. The van der Waals surface area contributed by atoms with Gasteiger partial charge in [0.05, 0.1) is 25.2 Å². The summed E-state index contributed by atoms with van der Waals surface area (Å²) in [5, 5.41) is 2.92. The minimum absolute atomic E-state index is 0.111. The Morgan fingerprint density at radius 1 is 0.968 bits per heavy atom. The van der Waals surface area contributed by atoms with Crippen molar-refractivity contribution >= 4 is 21.6 Å². The number of hydrogen-bond donors (Lipinski definition) is 1. The van der Waals surface area contributed by atoms with Crippen LogP contribution in [0.25, 0.3) is 0 Å². The number of carbonyl (C=O) groups excluding carboxylic acids is 1. The third kappa shape index (κ3) is 5.17. The van der Waals surface area contributed by atoms with E-state index in [4.69, 9.17) is 9.47 Å². The quantitative estimate of drug-likeness (QED) is 0.701. The Labute approximate surface area is 183 Å². The molecule has 0 aliphatic carbocycles. The Bertz CT molecular complexity index is 1020. The number of nitrogens with zero attached hydrogens (tertiary/aromatic N) is 2. The molecule has 1 fully saturated rings. The van der Waals surface area contributed by atoms with Crippen molar-refractivity contribution in [2.24, 2.45) is 0 Å². The maximum Gasteiger partial charge on any atom is 0.243 e. The first kappa shape index (κ1) is 23.1. The van der Waals surface area contributed by atoms with Gasteiger partial charge < -0.3 is 14.8 Å². The maximum atomic E-state index is 13.1. The lowest BCUT2D eigenvalue weighted by Crippen LogP contribution is -2.53. The molecule has 1 atom stereocenters. The van der Waals surface area contributed by atoms with Crippen LogP contribution in [0.15, 0.2) is 47.4 Å². The van der Waals surface area contributed by atoms with Crippen LogP contribution in [0, 0.1) is 6.92 Å². The van der Waals surface area contributed by atoms with E-state index >= 15 is 0 Å². The lowest BCUT2D eigenvalue weighted by atomic mass is 10.2. The second kappa shape index (κ2) is 9.67. The highest BCUT2D eigenvalue weighted by molar-refractivity contribution is 7.89. The lowest BCUT2D eigenvalue weighted by Gasteiger charge is -2.36. The average Bonchev–Trinajstić information content (AvgIpc) is 2.79. The summed E-state index contributed by atoms with van der Waals surface area (Å²) in [5.74, 6) is 0.725. The molecule has 1 unspecified atom stereocenters. The van der Waals surface area contributed by atoms with Crippen LogP contribution in [0.5, 0.6) is 11.5 Å². The molecule has 1 heterocycles. The fraction of sp³-hybridized carbons (Fsp3) is 0.409. The number of benzene rings is 2. The van der Waals surface area contributed by atoms with Crippen molar-refractivity contribution in [1.82, 2.24) is 9.21 Å². The Hall–Kier alpha value is -2.62. The van der Waals surface area contributed by atoms with E-state index in [1.165, 1.54) is 30.7 Å². The zero-order chi connectivity index (χ0) is 22.6. The molecule has 3 rings (SSSR count). The van der Waals surface area contributed by atoms with Crippen LogP contribution in [0.1, 0.15) is 12.5 Å². The van der Waals surface area contributed by atoms with Gasteiger partial charge in [-0.05, 0) is 38.1 Å². The van der Waals surface area contributed by atoms with Gasteiger partial charge in [0.1, 0.15) is 0 Å². The average molecular weight is 448 g/mol. The maximum absolute atomic E-state index is 13.1. The van der Waals surface area contributed by atoms with Gasteiger partial charge in [-0.2, -0.15) is 4.31 Å². The SMILES string of the molecule is COc1ccc(S(=O)(=O)N2CCN(C(C)C(=O)Nc3ccc(C)cc3)CC2)cc1OC. The number of methoxy groups -OCH3 is 2. The highest BCUT2D eigenvalue weighted by Crippen LogP contribution is 2.31. The van der Waals surface area contributed by atoms with Crippen LogP contribution >= 0.6 is 0 Å². The predicted molar refractivity (Wildman–Crippen MR) is 119 cm³/mol. The summed E-state index contributed by atoms with van der Waals surface area (Å²) >= 11 is 0. The Morgan fingerprint density at radius 2 is 1.58 bits per heavy atom. The topological polar surface area (TPSA) is 88.2 Å². The van der Waals surface area contributed by atoms with Gasteiger partial charge in [-0.1, -0.05) is 17.7 Å². The van der Waals surface area contributed by atoms with E-state index in [9.17, 15) is 13.2 Å². The van der Waals surface area contributed by atoms with E-state index in [-0.39, 0.29) is 16.8 Å². The van der Waals surface area contributed by atoms with Crippen molar-refractivity contribution in [2.75, 3.05) is 45.7 Å². The van der Waals surface area contributed by atoms with Gasteiger partial charge in [-0.25, -0.2) is 8.42 Å². The molecular weight excluding hydrogens is 418 g/mol. The van der Waals surface area contributed by atoms with Crippen LogP contribution in [0.3, 0.4) is 0 Å². The summed E-state index contributed by atoms with van der Waals surface area (Å²) in [5.41, 5.74) is 1.87. The number of carbonyl (C=O) groups is 1. The highest BCUT2D eigenvalue weighted by Gasteiger charge is 2.32. The third-order valence-electron chi connectivity index (χ3n) is 5.51. The second-order valence-electron chi connectivity index (χ2n) is 7.49. The number of hydrogen-bond acceptors (Lipinski definition) is 6. The van der Waals surface area contributed by atoms with Crippen molar-refractivity contribution in [3.63, 3.8) is 0 Å². The van der Waals surface area contributed by atoms with Gasteiger partial charge in [0, 0.05) is 37.9 Å². The van der Waals surface area contributed by atoms with Gasteiger partial charge in [0.2, 0.25) is 15.9 Å². The van der Waals surface area contributed by atoms with E-state index in [1.807, 2.05) is 43.0 Å². The zero-order valence-electron chi connectivity index (χ0n) is 18.3. The van der Waals surface area contributed by atoms with Crippen LogP contribution in [0.4, 0.5) is 5.69 Å². The summed E-state index contributed by atoms with van der Waals surface area (Å²) in [7, 11) is -0.701. The number of piperazine rings is 1. The molecule has 1 N–H and O–H groups in total. The normalized spacial score (nSPS) is 16.5. The first-order valence-electron chi connectivity index (χ1n) is 10.1. The fourth-order valence-electron chi connectivity index (χ4n) is 3.51. The summed E-state index contributed by atoms with van der Waals surface area (Å²) in [6, 6.07) is 11.8. The van der Waals surface area contributed by atoms with E-state index in [0.717, 1.165) is 11.3 Å². The molecule has 2 aromatic rings. The Morgan fingerprint density at radius 3 is 2.16 bits per heavy atom. The standard InChI is InChI=1S/C22H29N3O5S/c1-16-5-7-18(8-6-16)23-22(26)17(2)24-11-13-25(14-12-24)31(27,28)19-9-10-20(29-3)21(15-19)30-4/h5-10,15,17H,11-14H2,1-4H3,(H,23,26). The Kier molecular flexibility index (Phi) is 7.19. The van der Waals surface area contributed by atoms with Gasteiger partial charge in [0.15, 0.2) is 11.5 Å². The van der Waals surface area contributed by atoms with E-state index < -0.39 is 10.0 Å². The van der Waals surface area contributed by atoms with Crippen LogP contribution < -0.4 is 14.8 Å².